The van der Waals surface area contributed by atoms with Crippen LogP contribution in [0.25, 0.3) is 0 Å². The molecule has 0 aromatic rings. The molecule has 0 spiro atoms. The van der Waals surface area contributed by atoms with Gasteiger partial charge >= 0.3 is 6.09 Å². The van der Waals surface area contributed by atoms with E-state index in [4.69, 9.17) is 4.74 Å². The van der Waals surface area contributed by atoms with Crippen molar-refractivity contribution in [1.82, 2.24) is 5.32 Å². The highest BCUT2D eigenvalue weighted by Gasteiger charge is 2.16. The monoisotopic (exact) mass is 171 g/mol. The number of imide groups is 1. The van der Waals surface area contributed by atoms with Crippen molar-refractivity contribution in [3.8, 4) is 0 Å². The summed E-state index contributed by atoms with van der Waals surface area (Å²) < 4.78 is 4.79. The Balaban J connectivity index is 3.91. The maximum atomic E-state index is 10.8. The number of carbonyl (C=O) groups excluding carboxylic acids is 2. The average molecular weight is 171 g/mol. The summed E-state index contributed by atoms with van der Waals surface area (Å²) in [5, 5.41) is 1.97. The van der Waals surface area contributed by atoms with Crippen LogP contribution in [0.15, 0.2) is 12.7 Å². The van der Waals surface area contributed by atoms with Crippen LogP contribution in [0.5, 0.6) is 0 Å². The third kappa shape index (κ3) is 5.46. The molecule has 0 saturated carbocycles. The largest absolute Gasteiger partial charge is 0.444 e. The summed E-state index contributed by atoms with van der Waals surface area (Å²) in [5.41, 5.74) is -0.592. The van der Waals surface area contributed by atoms with Gasteiger partial charge in [-0.05, 0) is 26.8 Å². The van der Waals surface area contributed by atoms with Crippen molar-refractivity contribution in [2.45, 2.75) is 26.4 Å². The SMILES string of the molecule is C=CC(=O)NC(=O)OC(C)(C)C. The molecule has 0 atom stereocenters. The van der Waals surface area contributed by atoms with E-state index in [9.17, 15) is 9.59 Å². The van der Waals surface area contributed by atoms with Crippen molar-refractivity contribution >= 4 is 12.0 Å². The molecule has 0 unspecified atom stereocenters. The number of amides is 2. The van der Waals surface area contributed by atoms with Crippen molar-refractivity contribution in [3.63, 3.8) is 0 Å². The van der Waals surface area contributed by atoms with Gasteiger partial charge in [-0.25, -0.2) is 4.79 Å². The molecule has 0 bridgehead atoms. The molecule has 0 heterocycles. The zero-order chi connectivity index (χ0) is 9.78. The maximum absolute atomic E-state index is 10.8. The van der Waals surface area contributed by atoms with Gasteiger partial charge in [0.25, 0.3) is 5.91 Å². The zero-order valence-corrected chi connectivity index (χ0v) is 7.51. The third-order valence-corrected chi connectivity index (χ3v) is 0.810. The first-order chi connectivity index (χ1) is 5.35. The molecule has 0 aromatic carbocycles. The first-order valence-corrected chi connectivity index (χ1v) is 3.51. The Kier molecular flexibility index (Phi) is 3.47. The molecular weight excluding hydrogens is 158 g/mol. The number of rotatable bonds is 1. The molecule has 2 amide bonds. The summed E-state index contributed by atoms with van der Waals surface area (Å²) in [6, 6.07) is 0. The van der Waals surface area contributed by atoms with E-state index in [1.54, 1.807) is 20.8 Å². The van der Waals surface area contributed by atoms with Crippen molar-refractivity contribution in [2.75, 3.05) is 0 Å². The Bertz CT molecular complexity index is 203. The number of alkyl carbamates (subject to hydrolysis) is 1. The van der Waals surface area contributed by atoms with Crippen LogP contribution in [0.3, 0.4) is 0 Å². The summed E-state index contributed by atoms with van der Waals surface area (Å²) in [5.74, 6) is -0.566. The molecule has 0 rings (SSSR count). The first-order valence-electron chi connectivity index (χ1n) is 3.51. The summed E-state index contributed by atoms with van der Waals surface area (Å²) >= 11 is 0. The van der Waals surface area contributed by atoms with Gasteiger partial charge in [0.05, 0.1) is 0 Å². The smallest absolute Gasteiger partial charge is 0.414 e. The first kappa shape index (κ1) is 10.7. The Hall–Kier alpha value is -1.32. The highest BCUT2D eigenvalue weighted by molar-refractivity contribution is 5.98. The number of hydrogen-bond acceptors (Lipinski definition) is 3. The van der Waals surface area contributed by atoms with Crippen molar-refractivity contribution < 1.29 is 14.3 Å². The fourth-order valence-electron chi connectivity index (χ4n) is 0.455. The summed E-state index contributed by atoms with van der Waals surface area (Å²) in [7, 11) is 0. The lowest BCUT2D eigenvalue weighted by Gasteiger charge is -2.18. The second-order valence-electron chi connectivity index (χ2n) is 3.20. The number of carbonyl (C=O) groups is 2. The lowest BCUT2D eigenvalue weighted by molar-refractivity contribution is -0.116. The van der Waals surface area contributed by atoms with Crippen molar-refractivity contribution in [3.05, 3.63) is 12.7 Å². The highest BCUT2D eigenvalue weighted by atomic mass is 16.6. The van der Waals surface area contributed by atoms with Gasteiger partial charge < -0.3 is 4.74 Å². The molecule has 4 nitrogen and oxygen atoms in total. The molecule has 0 aliphatic carbocycles. The van der Waals surface area contributed by atoms with Gasteiger partial charge in [0.1, 0.15) is 5.60 Å². The zero-order valence-electron chi connectivity index (χ0n) is 7.51. The van der Waals surface area contributed by atoms with E-state index in [-0.39, 0.29) is 0 Å². The summed E-state index contributed by atoms with van der Waals surface area (Å²) in [6.45, 7) is 8.33. The lowest BCUT2D eigenvalue weighted by Crippen LogP contribution is -2.35. The molecule has 0 radical (unpaired) electrons. The van der Waals surface area contributed by atoms with Crippen LogP contribution in [-0.2, 0) is 9.53 Å². The molecule has 12 heavy (non-hydrogen) atoms. The molecule has 4 heteroatoms. The second kappa shape index (κ2) is 3.90. The van der Waals surface area contributed by atoms with Gasteiger partial charge in [-0.2, -0.15) is 0 Å². The normalized spacial score (nSPS) is 10.2. The van der Waals surface area contributed by atoms with E-state index >= 15 is 0 Å². The van der Waals surface area contributed by atoms with Crippen LogP contribution < -0.4 is 5.32 Å². The number of ether oxygens (including phenoxy) is 1. The van der Waals surface area contributed by atoms with Gasteiger partial charge in [-0.3, -0.25) is 10.1 Å². The second-order valence-corrected chi connectivity index (χ2v) is 3.20. The van der Waals surface area contributed by atoms with E-state index in [2.05, 4.69) is 6.58 Å². The quantitative estimate of drug-likeness (QED) is 0.603. The maximum Gasteiger partial charge on any atom is 0.414 e. The van der Waals surface area contributed by atoms with Crippen LogP contribution in [0.4, 0.5) is 4.79 Å². The van der Waals surface area contributed by atoms with Crippen LogP contribution in [0, 0.1) is 0 Å². The van der Waals surface area contributed by atoms with Crippen LogP contribution in [0.1, 0.15) is 20.8 Å². The lowest BCUT2D eigenvalue weighted by atomic mass is 10.2. The summed E-state index contributed by atoms with van der Waals surface area (Å²) in [4.78, 5) is 21.4. The molecule has 0 aromatic heterocycles. The van der Waals surface area contributed by atoms with Crippen LogP contribution >= 0.6 is 0 Å². The number of hydrogen-bond donors (Lipinski definition) is 1. The fourth-order valence-corrected chi connectivity index (χ4v) is 0.455. The van der Waals surface area contributed by atoms with E-state index in [0.29, 0.717) is 0 Å². The average Bonchev–Trinajstić information content (AvgIpc) is 1.82. The molecule has 0 saturated heterocycles. The van der Waals surface area contributed by atoms with Gasteiger partial charge in [0.2, 0.25) is 0 Å². The van der Waals surface area contributed by atoms with Crippen molar-refractivity contribution in [2.24, 2.45) is 0 Å². The Morgan fingerprint density at radius 1 is 1.42 bits per heavy atom. The Labute approximate surface area is 71.6 Å². The number of nitrogens with one attached hydrogen (secondary N) is 1. The van der Waals surface area contributed by atoms with Crippen LogP contribution in [0.2, 0.25) is 0 Å². The molecule has 0 aliphatic heterocycles. The van der Waals surface area contributed by atoms with Gasteiger partial charge in [-0.15, -0.1) is 0 Å². The standard InChI is InChI=1S/C8H13NO3/c1-5-6(10)9-7(11)12-8(2,3)4/h5H,1H2,2-4H3,(H,9,10,11). The minimum atomic E-state index is -0.757. The van der Waals surface area contributed by atoms with E-state index < -0.39 is 17.6 Å². The predicted molar refractivity (Wildman–Crippen MR) is 44.6 cm³/mol. The molecule has 68 valence electrons. The topological polar surface area (TPSA) is 55.4 Å². The molecule has 1 N–H and O–H groups in total. The third-order valence-electron chi connectivity index (χ3n) is 0.810. The van der Waals surface area contributed by atoms with E-state index in [1.165, 1.54) is 0 Å². The van der Waals surface area contributed by atoms with E-state index in [1.807, 2.05) is 5.32 Å². The molecule has 0 aliphatic rings. The van der Waals surface area contributed by atoms with E-state index in [0.717, 1.165) is 6.08 Å². The van der Waals surface area contributed by atoms with Crippen molar-refractivity contribution in [1.29, 1.82) is 0 Å². The van der Waals surface area contributed by atoms with Crippen LogP contribution in [-0.4, -0.2) is 17.6 Å². The fraction of sp³-hybridized carbons (Fsp3) is 0.500. The van der Waals surface area contributed by atoms with Gasteiger partial charge in [0.15, 0.2) is 0 Å². The minimum Gasteiger partial charge on any atom is -0.444 e. The molecule has 0 fully saturated rings. The Morgan fingerprint density at radius 2 is 1.92 bits per heavy atom. The predicted octanol–water partition coefficient (Wildman–Crippen LogP) is 1.22. The Morgan fingerprint density at radius 3 is 2.25 bits per heavy atom. The molecular formula is C8H13NO3. The van der Waals surface area contributed by atoms with Gasteiger partial charge in [-0.1, -0.05) is 6.58 Å². The highest BCUT2D eigenvalue weighted by Crippen LogP contribution is 2.06. The van der Waals surface area contributed by atoms with Gasteiger partial charge in [0, 0.05) is 0 Å². The minimum absolute atomic E-state index is 0.566. The summed E-state index contributed by atoms with van der Waals surface area (Å²) in [6.07, 6.45) is 0.247.